The second kappa shape index (κ2) is 7.64. The van der Waals surface area contributed by atoms with Gasteiger partial charge in [-0.1, -0.05) is 12.1 Å². The smallest absolute Gasteiger partial charge is 0.270 e. The number of pyridine rings is 1. The van der Waals surface area contributed by atoms with Gasteiger partial charge in [-0.05, 0) is 36.8 Å². The van der Waals surface area contributed by atoms with Crippen LogP contribution in [-0.2, 0) is 6.54 Å². The molecule has 0 aliphatic rings. The van der Waals surface area contributed by atoms with Crippen molar-refractivity contribution in [2.45, 2.75) is 13.5 Å². The third kappa shape index (κ3) is 4.15. The van der Waals surface area contributed by atoms with Gasteiger partial charge in [-0.15, -0.1) is 0 Å². The number of nitrogens with zero attached hydrogens (tertiary/aromatic N) is 3. The normalized spacial score (nSPS) is 10.4. The van der Waals surface area contributed by atoms with E-state index in [2.05, 4.69) is 25.6 Å². The highest BCUT2D eigenvalue weighted by Crippen LogP contribution is 2.21. The van der Waals surface area contributed by atoms with Gasteiger partial charge in [0, 0.05) is 24.6 Å². The Bertz CT molecular complexity index is 914. The van der Waals surface area contributed by atoms with Crippen molar-refractivity contribution in [2.24, 2.45) is 0 Å². The largest absolute Gasteiger partial charge is 0.347 e. The number of hydrogen-bond donors (Lipinski definition) is 2. The van der Waals surface area contributed by atoms with Crippen molar-refractivity contribution >= 4 is 17.5 Å². The minimum Gasteiger partial charge on any atom is -0.347 e. The summed E-state index contributed by atoms with van der Waals surface area (Å²) >= 11 is 0. The van der Waals surface area contributed by atoms with E-state index >= 15 is 0 Å². The lowest BCUT2D eigenvalue weighted by atomic mass is 10.2. The van der Waals surface area contributed by atoms with Gasteiger partial charge in [0.05, 0.1) is 0 Å². The molecule has 2 N–H and O–H groups in total. The quantitative estimate of drug-likeness (QED) is 0.735. The molecule has 26 heavy (non-hydrogen) atoms. The SMILES string of the molecule is Cc1cc(C(=O)NCc2cccnc2)nc(Nc2c(F)cccc2F)n1. The molecule has 0 spiro atoms. The fourth-order valence-electron chi connectivity index (χ4n) is 2.25. The molecule has 0 aliphatic heterocycles. The van der Waals surface area contributed by atoms with Gasteiger partial charge < -0.3 is 10.6 Å². The summed E-state index contributed by atoms with van der Waals surface area (Å²) in [5.74, 6) is -2.06. The monoisotopic (exact) mass is 355 g/mol. The Kier molecular flexibility index (Phi) is 5.12. The predicted octanol–water partition coefficient (Wildman–Crippen LogP) is 3.13. The van der Waals surface area contributed by atoms with Gasteiger partial charge in [-0.2, -0.15) is 0 Å². The van der Waals surface area contributed by atoms with Crippen LogP contribution in [0.1, 0.15) is 21.7 Å². The Labute approximate surface area is 148 Å². The lowest BCUT2D eigenvalue weighted by Gasteiger charge is -2.10. The van der Waals surface area contributed by atoms with Gasteiger partial charge in [0.25, 0.3) is 5.91 Å². The van der Waals surface area contributed by atoms with Crippen LogP contribution in [0.15, 0.2) is 48.8 Å². The standard InChI is InChI=1S/C18H15F2N5O/c1-11-8-15(17(26)22-10-12-4-3-7-21-9-12)24-18(23-11)25-16-13(19)5-2-6-14(16)20/h2-9H,10H2,1H3,(H,22,26)(H,23,24,25). The van der Waals surface area contributed by atoms with E-state index in [9.17, 15) is 13.6 Å². The molecule has 0 saturated carbocycles. The number of nitrogens with one attached hydrogen (secondary N) is 2. The third-order valence-corrected chi connectivity index (χ3v) is 3.46. The first kappa shape index (κ1) is 17.4. The molecule has 0 bridgehead atoms. The average Bonchev–Trinajstić information content (AvgIpc) is 2.63. The van der Waals surface area contributed by atoms with Gasteiger partial charge in [-0.25, -0.2) is 18.7 Å². The number of amides is 1. The Balaban J connectivity index is 1.78. The maximum Gasteiger partial charge on any atom is 0.270 e. The summed E-state index contributed by atoms with van der Waals surface area (Å²) in [6.07, 6.45) is 3.28. The van der Waals surface area contributed by atoms with Crippen LogP contribution < -0.4 is 10.6 Å². The van der Waals surface area contributed by atoms with E-state index < -0.39 is 17.5 Å². The van der Waals surface area contributed by atoms with E-state index in [-0.39, 0.29) is 23.9 Å². The van der Waals surface area contributed by atoms with Crippen LogP contribution in [-0.4, -0.2) is 20.9 Å². The number of aromatic nitrogens is 3. The van der Waals surface area contributed by atoms with E-state index in [0.717, 1.165) is 17.7 Å². The maximum atomic E-state index is 13.8. The first-order valence-electron chi connectivity index (χ1n) is 7.77. The van der Waals surface area contributed by atoms with E-state index in [1.165, 1.54) is 12.1 Å². The first-order chi connectivity index (χ1) is 12.5. The zero-order valence-electron chi connectivity index (χ0n) is 13.8. The second-order valence-corrected chi connectivity index (χ2v) is 5.48. The van der Waals surface area contributed by atoms with Crippen LogP contribution in [0, 0.1) is 18.6 Å². The highest BCUT2D eigenvalue weighted by Gasteiger charge is 2.14. The summed E-state index contributed by atoms with van der Waals surface area (Å²) < 4.78 is 27.5. The molecular formula is C18H15F2N5O. The molecule has 1 aromatic carbocycles. The minimum absolute atomic E-state index is 0.0690. The Morgan fingerprint density at radius 1 is 1.12 bits per heavy atom. The van der Waals surface area contributed by atoms with E-state index in [4.69, 9.17) is 0 Å². The molecule has 3 aromatic rings. The van der Waals surface area contributed by atoms with Crippen LogP contribution in [0.25, 0.3) is 0 Å². The molecule has 132 valence electrons. The topological polar surface area (TPSA) is 79.8 Å². The summed E-state index contributed by atoms with van der Waals surface area (Å²) in [5.41, 5.74) is 1.02. The first-order valence-corrected chi connectivity index (χ1v) is 7.77. The van der Waals surface area contributed by atoms with Crippen LogP contribution in [0.3, 0.4) is 0 Å². The Morgan fingerprint density at radius 3 is 2.58 bits per heavy atom. The molecule has 0 radical (unpaired) electrons. The number of hydrogen-bond acceptors (Lipinski definition) is 5. The summed E-state index contributed by atoms with van der Waals surface area (Å²) in [6, 6.07) is 8.56. The lowest BCUT2D eigenvalue weighted by molar-refractivity contribution is 0.0945. The number of aryl methyl sites for hydroxylation is 1. The summed E-state index contributed by atoms with van der Waals surface area (Å²) in [4.78, 5) is 24.4. The summed E-state index contributed by atoms with van der Waals surface area (Å²) in [6.45, 7) is 1.93. The number of rotatable bonds is 5. The molecule has 0 saturated heterocycles. The molecule has 3 rings (SSSR count). The van der Waals surface area contributed by atoms with Gasteiger partial charge >= 0.3 is 0 Å². The van der Waals surface area contributed by atoms with Crippen molar-refractivity contribution < 1.29 is 13.6 Å². The molecular weight excluding hydrogens is 340 g/mol. The molecule has 0 atom stereocenters. The van der Waals surface area contributed by atoms with Gasteiger partial charge in [-0.3, -0.25) is 9.78 Å². The van der Waals surface area contributed by atoms with E-state index in [1.54, 1.807) is 25.4 Å². The van der Waals surface area contributed by atoms with Gasteiger partial charge in [0.1, 0.15) is 23.0 Å². The number of carbonyl (C=O) groups excluding carboxylic acids is 1. The summed E-state index contributed by atoms with van der Waals surface area (Å²) in [5, 5.41) is 5.20. The molecule has 1 amide bonds. The van der Waals surface area contributed by atoms with Crippen molar-refractivity contribution in [3.8, 4) is 0 Å². The van der Waals surface area contributed by atoms with Crippen LogP contribution >= 0.6 is 0 Å². The zero-order chi connectivity index (χ0) is 18.5. The van der Waals surface area contributed by atoms with Crippen molar-refractivity contribution in [1.82, 2.24) is 20.3 Å². The van der Waals surface area contributed by atoms with Crippen LogP contribution in [0.2, 0.25) is 0 Å². The van der Waals surface area contributed by atoms with Crippen molar-refractivity contribution in [3.63, 3.8) is 0 Å². The molecule has 2 heterocycles. The van der Waals surface area contributed by atoms with E-state index in [0.29, 0.717) is 5.69 Å². The Hall–Kier alpha value is -3.42. The number of carbonyl (C=O) groups is 1. The van der Waals surface area contributed by atoms with Crippen LogP contribution in [0.5, 0.6) is 0 Å². The number of para-hydroxylation sites is 1. The maximum absolute atomic E-state index is 13.8. The number of halogens is 2. The number of benzene rings is 1. The zero-order valence-corrected chi connectivity index (χ0v) is 13.8. The molecule has 0 unspecified atom stereocenters. The van der Waals surface area contributed by atoms with Gasteiger partial charge in [0.2, 0.25) is 5.95 Å². The molecule has 2 aromatic heterocycles. The van der Waals surface area contributed by atoms with Gasteiger partial charge in [0.15, 0.2) is 0 Å². The highest BCUT2D eigenvalue weighted by molar-refractivity contribution is 5.92. The molecule has 0 aliphatic carbocycles. The van der Waals surface area contributed by atoms with Crippen molar-refractivity contribution in [2.75, 3.05) is 5.32 Å². The van der Waals surface area contributed by atoms with Crippen molar-refractivity contribution in [3.05, 3.63) is 77.4 Å². The Morgan fingerprint density at radius 2 is 1.88 bits per heavy atom. The lowest BCUT2D eigenvalue weighted by Crippen LogP contribution is -2.24. The fourth-order valence-corrected chi connectivity index (χ4v) is 2.25. The van der Waals surface area contributed by atoms with Crippen LogP contribution in [0.4, 0.5) is 20.4 Å². The second-order valence-electron chi connectivity index (χ2n) is 5.48. The fraction of sp³-hybridized carbons (Fsp3) is 0.111. The predicted molar refractivity (Wildman–Crippen MR) is 91.8 cm³/mol. The molecule has 6 nitrogen and oxygen atoms in total. The molecule has 8 heteroatoms. The number of anilines is 2. The van der Waals surface area contributed by atoms with E-state index in [1.807, 2.05) is 6.07 Å². The molecule has 0 fully saturated rings. The average molecular weight is 355 g/mol. The van der Waals surface area contributed by atoms with Crippen molar-refractivity contribution in [1.29, 1.82) is 0 Å². The summed E-state index contributed by atoms with van der Waals surface area (Å²) in [7, 11) is 0. The highest BCUT2D eigenvalue weighted by atomic mass is 19.1. The third-order valence-electron chi connectivity index (χ3n) is 3.46. The minimum atomic E-state index is -0.780.